The first-order chi connectivity index (χ1) is 8.78. The van der Waals surface area contributed by atoms with Crippen molar-refractivity contribution < 1.29 is 4.39 Å². The van der Waals surface area contributed by atoms with Gasteiger partial charge in [0.25, 0.3) is 0 Å². The van der Waals surface area contributed by atoms with Crippen molar-refractivity contribution in [3.8, 4) is 0 Å². The van der Waals surface area contributed by atoms with Crippen LogP contribution in [0.1, 0.15) is 39.7 Å². The number of hydrogen-bond donors (Lipinski definition) is 1. The molecule has 0 bridgehead atoms. The van der Waals surface area contributed by atoms with Crippen LogP contribution in [0.2, 0.25) is 0 Å². The fraction of sp³-hybridized carbons (Fsp3) is 0.500. The van der Waals surface area contributed by atoms with E-state index in [2.05, 4.69) is 55.0 Å². The fourth-order valence-corrected chi connectivity index (χ4v) is 2.24. The van der Waals surface area contributed by atoms with E-state index in [-0.39, 0.29) is 11.4 Å². The largest absolute Gasteiger partial charge is 0.312 e. The van der Waals surface area contributed by atoms with Gasteiger partial charge in [-0.2, -0.15) is 0 Å². The van der Waals surface area contributed by atoms with E-state index < -0.39 is 0 Å². The van der Waals surface area contributed by atoms with Crippen LogP contribution in [0.25, 0.3) is 0 Å². The van der Waals surface area contributed by atoms with Gasteiger partial charge < -0.3 is 5.32 Å². The molecule has 106 valence electrons. The number of halogens is 2. The van der Waals surface area contributed by atoms with Crippen molar-refractivity contribution in [2.75, 3.05) is 6.54 Å². The molecule has 19 heavy (non-hydrogen) atoms. The number of allylic oxidation sites excluding steroid dienone is 1. The molecule has 1 nitrogen and oxygen atoms in total. The first-order valence-electron chi connectivity index (χ1n) is 6.62. The zero-order valence-corrected chi connectivity index (χ0v) is 13.8. The lowest BCUT2D eigenvalue weighted by molar-refractivity contribution is 0.431. The van der Waals surface area contributed by atoms with Gasteiger partial charge in [-0.15, -0.1) is 0 Å². The average Bonchev–Trinajstić information content (AvgIpc) is 2.28. The molecule has 3 heteroatoms. The van der Waals surface area contributed by atoms with Crippen molar-refractivity contribution in [1.82, 2.24) is 5.32 Å². The molecule has 0 atom stereocenters. The summed E-state index contributed by atoms with van der Waals surface area (Å²) in [4.78, 5) is 0. The molecule has 0 radical (unpaired) electrons. The minimum absolute atomic E-state index is 0.170. The van der Waals surface area contributed by atoms with Crippen molar-refractivity contribution in [2.45, 2.75) is 46.1 Å². The molecule has 0 unspecified atom stereocenters. The monoisotopic (exact) mass is 327 g/mol. The molecule has 0 spiro atoms. The average molecular weight is 328 g/mol. The third-order valence-electron chi connectivity index (χ3n) is 2.76. The summed E-state index contributed by atoms with van der Waals surface area (Å²) in [5.41, 5.74) is 2.61. The molecule has 1 rings (SSSR count). The maximum atomic E-state index is 13.1. The van der Waals surface area contributed by atoms with Gasteiger partial charge in [-0.3, -0.25) is 0 Å². The van der Waals surface area contributed by atoms with Crippen LogP contribution in [0, 0.1) is 5.82 Å². The molecule has 0 heterocycles. The summed E-state index contributed by atoms with van der Waals surface area (Å²) in [6.07, 6.45) is 4.13. The molecule has 1 aromatic rings. The van der Waals surface area contributed by atoms with Crippen LogP contribution >= 0.6 is 15.9 Å². The van der Waals surface area contributed by atoms with Gasteiger partial charge in [0.1, 0.15) is 5.82 Å². The second kappa shape index (κ2) is 7.20. The summed E-state index contributed by atoms with van der Waals surface area (Å²) in [5.74, 6) is -0.209. The van der Waals surface area contributed by atoms with Gasteiger partial charge in [0.2, 0.25) is 0 Å². The second-order valence-corrected chi connectivity index (χ2v) is 6.80. The topological polar surface area (TPSA) is 12.0 Å². The Morgan fingerprint density at radius 2 is 2.05 bits per heavy atom. The van der Waals surface area contributed by atoms with E-state index in [0.29, 0.717) is 4.47 Å². The molecule has 0 saturated heterocycles. The van der Waals surface area contributed by atoms with E-state index in [4.69, 9.17) is 0 Å². The Bertz CT molecular complexity index is 447. The van der Waals surface area contributed by atoms with Crippen LogP contribution in [-0.4, -0.2) is 12.1 Å². The third-order valence-corrected chi connectivity index (χ3v) is 3.37. The number of nitrogens with one attached hydrogen (secondary N) is 1. The van der Waals surface area contributed by atoms with Gasteiger partial charge in [-0.1, -0.05) is 17.7 Å². The van der Waals surface area contributed by atoms with Gasteiger partial charge in [0.05, 0.1) is 4.47 Å². The molecule has 0 amide bonds. The Balaban J connectivity index is 2.45. The number of rotatable bonds is 5. The summed E-state index contributed by atoms with van der Waals surface area (Å²) >= 11 is 3.22. The fourth-order valence-electron chi connectivity index (χ4n) is 1.81. The molecular weight excluding hydrogens is 305 g/mol. The van der Waals surface area contributed by atoms with Crippen LogP contribution in [0.15, 0.2) is 34.3 Å². The standard InChI is InChI=1S/C16H23BrFN/c1-12(6-5-9-19-16(2,3)4)10-13-7-8-15(18)14(17)11-13/h6-8,11,19H,5,9-10H2,1-4H3. The molecule has 0 fully saturated rings. The van der Waals surface area contributed by atoms with E-state index >= 15 is 0 Å². The zero-order valence-electron chi connectivity index (χ0n) is 12.2. The first kappa shape index (κ1) is 16.4. The van der Waals surface area contributed by atoms with Crippen LogP contribution in [0.5, 0.6) is 0 Å². The molecule has 0 aliphatic rings. The SMILES string of the molecule is CC(=CCCNC(C)(C)C)Cc1ccc(F)c(Br)c1. The summed E-state index contributed by atoms with van der Waals surface area (Å²) in [5, 5.41) is 3.46. The van der Waals surface area contributed by atoms with Crippen LogP contribution in [0.3, 0.4) is 0 Å². The van der Waals surface area contributed by atoms with Gasteiger partial charge in [0.15, 0.2) is 0 Å². The van der Waals surface area contributed by atoms with E-state index in [0.717, 1.165) is 24.9 Å². The highest BCUT2D eigenvalue weighted by Gasteiger charge is 2.06. The quantitative estimate of drug-likeness (QED) is 0.601. The van der Waals surface area contributed by atoms with Gasteiger partial charge in [-0.05, 0) is 80.7 Å². The maximum absolute atomic E-state index is 13.1. The van der Waals surface area contributed by atoms with Crippen molar-refractivity contribution in [3.63, 3.8) is 0 Å². The smallest absolute Gasteiger partial charge is 0.137 e. The van der Waals surface area contributed by atoms with Crippen molar-refractivity contribution >= 4 is 15.9 Å². The lowest BCUT2D eigenvalue weighted by Crippen LogP contribution is -2.36. The van der Waals surface area contributed by atoms with Crippen molar-refractivity contribution in [3.05, 3.63) is 45.7 Å². The van der Waals surface area contributed by atoms with Crippen LogP contribution in [0.4, 0.5) is 4.39 Å². The predicted octanol–water partition coefficient (Wildman–Crippen LogP) is 4.86. The van der Waals surface area contributed by atoms with E-state index in [1.165, 1.54) is 11.6 Å². The molecule has 0 aromatic heterocycles. The van der Waals surface area contributed by atoms with Crippen LogP contribution in [-0.2, 0) is 6.42 Å². The highest BCUT2D eigenvalue weighted by molar-refractivity contribution is 9.10. The summed E-state index contributed by atoms with van der Waals surface area (Å²) in [7, 11) is 0. The molecule has 0 aliphatic carbocycles. The molecule has 0 saturated carbocycles. The van der Waals surface area contributed by atoms with Gasteiger partial charge >= 0.3 is 0 Å². The van der Waals surface area contributed by atoms with Crippen LogP contribution < -0.4 is 5.32 Å². The second-order valence-electron chi connectivity index (χ2n) is 5.94. The van der Waals surface area contributed by atoms with Gasteiger partial charge in [-0.25, -0.2) is 4.39 Å². The Labute approximate surface area is 124 Å². The minimum Gasteiger partial charge on any atom is -0.312 e. The summed E-state index contributed by atoms with van der Waals surface area (Å²) in [6.45, 7) is 9.60. The Hall–Kier alpha value is -0.670. The minimum atomic E-state index is -0.209. The number of hydrogen-bond acceptors (Lipinski definition) is 1. The Morgan fingerprint density at radius 3 is 2.63 bits per heavy atom. The highest BCUT2D eigenvalue weighted by Crippen LogP contribution is 2.18. The lowest BCUT2D eigenvalue weighted by atomic mass is 10.1. The Kier molecular flexibility index (Phi) is 6.21. The molecule has 0 aliphatic heterocycles. The molecular formula is C16H23BrFN. The molecule has 1 N–H and O–H groups in total. The predicted molar refractivity (Wildman–Crippen MR) is 83.9 cm³/mol. The summed E-state index contributed by atoms with van der Waals surface area (Å²) < 4.78 is 13.7. The summed E-state index contributed by atoms with van der Waals surface area (Å²) in [6, 6.07) is 5.19. The van der Waals surface area contributed by atoms with Crippen molar-refractivity contribution in [1.29, 1.82) is 0 Å². The third kappa shape index (κ3) is 6.88. The maximum Gasteiger partial charge on any atom is 0.137 e. The first-order valence-corrected chi connectivity index (χ1v) is 7.42. The van der Waals surface area contributed by atoms with E-state index in [1.54, 1.807) is 0 Å². The lowest BCUT2D eigenvalue weighted by Gasteiger charge is -2.19. The molecule has 1 aromatic carbocycles. The highest BCUT2D eigenvalue weighted by atomic mass is 79.9. The van der Waals surface area contributed by atoms with E-state index in [9.17, 15) is 4.39 Å². The van der Waals surface area contributed by atoms with Crippen molar-refractivity contribution in [2.24, 2.45) is 0 Å². The zero-order chi connectivity index (χ0) is 14.5. The Morgan fingerprint density at radius 1 is 1.37 bits per heavy atom. The van der Waals surface area contributed by atoms with E-state index in [1.807, 2.05) is 12.1 Å². The normalized spacial score (nSPS) is 12.8. The number of benzene rings is 1. The van der Waals surface area contributed by atoms with Gasteiger partial charge in [0, 0.05) is 5.54 Å².